The Hall–Kier alpha value is -2.28. The molecule has 1 unspecified atom stereocenters. The van der Waals surface area contributed by atoms with Gasteiger partial charge in [0.15, 0.2) is 11.9 Å². The molecule has 0 saturated carbocycles. The van der Waals surface area contributed by atoms with E-state index in [-0.39, 0.29) is 6.79 Å². The highest BCUT2D eigenvalue weighted by molar-refractivity contribution is 7.99. The van der Waals surface area contributed by atoms with E-state index in [0.29, 0.717) is 5.75 Å². The Balaban J connectivity index is 1.75. The monoisotopic (exact) mass is 356 g/mol. The van der Waals surface area contributed by atoms with Gasteiger partial charge in [-0.3, -0.25) is 0 Å². The van der Waals surface area contributed by atoms with Crippen LogP contribution in [0.25, 0.3) is 0 Å². The van der Waals surface area contributed by atoms with Gasteiger partial charge in [0, 0.05) is 19.1 Å². The lowest BCUT2D eigenvalue weighted by Gasteiger charge is -2.13. The van der Waals surface area contributed by atoms with E-state index in [1.54, 1.807) is 25.1 Å². The lowest BCUT2D eigenvalue weighted by atomic mass is 10.1. The predicted molar refractivity (Wildman–Crippen MR) is 96.8 cm³/mol. The van der Waals surface area contributed by atoms with Crippen molar-refractivity contribution in [2.75, 3.05) is 13.9 Å². The number of hydrogen-bond donors (Lipinski definition) is 1. The number of methoxy groups -OCH3 is 1. The standard InChI is InChI=1S/C19H20N2O3S/c1-21-17(12-20-19(21)25-16-6-4-3-5-7-16)18(22)14-8-10-15(11-9-14)24-13-23-2/h3-12,18,22H,13H2,1-2H3. The number of nitrogens with zero attached hydrogens (tertiary/aromatic N) is 2. The van der Waals surface area contributed by atoms with Crippen molar-refractivity contribution in [2.45, 2.75) is 16.2 Å². The van der Waals surface area contributed by atoms with E-state index < -0.39 is 6.10 Å². The first-order chi connectivity index (χ1) is 12.2. The van der Waals surface area contributed by atoms with Crippen molar-refractivity contribution >= 4 is 11.8 Å². The SMILES string of the molecule is COCOc1ccc(C(O)c2cnc(Sc3ccccc3)n2C)cc1. The zero-order valence-electron chi connectivity index (χ0n) is 14.1. The second-order valence-electron chi connectivity index (χ2n) is 5.46. The average molecular weight is 356 g/mol. The van der Waals surface area contributed by atoms with E-state index in [1.807, 2.05) is 66.2 Å². The van der Waals surface area contributed by atoms with Crippen molar-refractivity contribution in [2.24, 2.45) is 7.05 Å². The van der Waals surface area contributed by atoms with Gasteiger partial charge in [-0.05, 0) is 29.8 Å². The molecule has 6 heteroatoms. The number of ether oxygens (including phenoxy) is 2. The third-order valence-electron chi connectivity index (χ3n) is 3.75. The van der Waals surface area contributed by atoms with Crippen LogP contribution in [0.3, 0.4) is 0 Å². The van der Waals surface area contributed by atoms with Gasteiger partial charge in [-0.2, -0.15) is 0 Å². The predicted octanol–water partition coefficient (Wildman–Crippen LogP) is 3.64. The van der Waals surface area contributed by atoms with Crippen LogP contribution in [0.1, 0.15) is 17.4 Å². The summed E-state index contributed by atoms with van der Waals surface area (Å²) in [6, 6.07) is 17.4. The van der Waals surface area contributed by atoms with E-state index in [4.69, 9.17) is 9.47 Å². The molecule has 0 aliphatic carbocycles. The highest BCUT2D eigenvalue weighted by Crippen LogP contribution is 2.30. The lowest BCUT2D eigenvalue weighted by Crippen LogP contribution is -2.06. The van der Waals surface area contributed by atoms with Crippen LogP contribution in [-0.4, -0.2) is 28.6 Å². The first-order valence-corrected chi connectivity index (χ1v) is 8.65. The molecule has 2 aromatic carbocycles. The summed E-state index contributed by atoms with van der Waals surface area (Å²) in [5.41, 5.74) is 1.52. The molecule has 0 aliphatic heterocycles. The van der Waals surface area contributed by atoms with Crippen LogP contribution in [0.15, 0.2) is 70.8 Å². The maximum Gasteiger partial charge on any atom is 0.188 e. The topological polar surface area (TPSA) is 56.5 Å². The van der Waals surface area contributed by atoms with Gasteiger partial charge in [0.25, 0.3) is 0 Å². The number of aromatic nitrogens is 2. The third-order valence-corrected chi connectivity index (χ3v) is 4.82. The number of aliphatic hydroxyl groups is 1. The van der Waals surface area contributed by atoms with Gasteiger partial charge < -0.3 is 19.1 Å². The molecule has 0 radical (unpaired) electrons. The molecule has 0 aliphatic rings. The molecule has 0 spiro atoms. The summed E-state index contributed by atoms with van der Waals surface area (Å²) < 4.78 is 12.2. The average Bonchev–Trinajstić information content (AvgIpc) is 3.01. The molecule has 1 atom stereocenters. The molecular formula is C19H20N2O3S. The second kappa shape index (κ2) is 8.20. The maximum absolute atomic E-state index is 10.7. The molecule has 130 valence electrons. The number of aliphatic hydroxyl groups excluding tert-OH is 1. The summed E-state index contributed by atoms with van der Waals surface area (Å²) in [6.45, 7) is 0.198. The molecule has 1 aromatic heterocycles. The first kappa shape index (κ1) is 17.5. The molecule has 3 rings (SSSR count). The molecule has 0 saturated heterocycles. The highest BCUT2D eigenvalue weighted by Gasteiger charge is 2.17. The van der Waals surface area contributed by atoms with Gasteiger partial charge >= 0.3 is 0 Å². The van der Waals surface area contributed by atoms with Crippen LogP contribution in [-0.2, 0) is 11.8 Å². The zero-order valence-corrected chi connectivity index (χ0v) is 14.9. The Kier molecular flexibility index (Phi) is 5.75. The molecule has 0 amide bonds. The normalized spacial score (nSPS) is 12.1. The summed E-state index contributed by atoms with van der Waals surface area (Å²) in [4.78, 5) is 5.55. The highest BCUT2D eigenvalue weighted by atomic mass is 32.2. The Morgan fingerprint density at radius 1 is 1.12 bits per heavy atom. The van der Waals surface area contributed by atoms with Crippen LogP contribution in [0, 0.1) is 0 Å². The van der Waals surface area contributed by atoms with E-state index >= 15 is 0 Å². The van der Waals surface area contributed by atoms with E-state index in [1.165, 1.54) is 0 Å². The van der Waals surface area contributed by atoms with Gasteiger partial charge in [-0.1, -0.05) is 42.1 Å². The summed E-state index contributed by atoms with van der Waals surface area (Å²) in [6.07, 6.45) is 0.963. The molecule has 0 fully saturated rings. The minimum Gasteiger partial charge on any atom is -0.468 e. The quantitative estimate of drug-likeness (QED) is 0.655. The van der Waals surface area contributed by atoms with Gasteiger partial charge in [-0.15, -0.1) is 0 Å². The molecule has 1 heterocycles. The Morgan fingerprint density at radius 3 is 2.52 bits per heavy atom. The fourth-order valence-corrected chi connectivity index (χ4v) is 3.24. The molecule has 0 bridgehead atoms. The van der Waals surface area contributed by atoms with E-state index in [2.05, 4.69) is 4.98 Å². The van der Waals surface area contributed by atoms with Crippen LogP contribution >= 0.6 is 11.8 Å². The van der Waals surface area contributed by atoms with Crippen LogP contribution in [0.4, 0.5) is 0 Å². The summed E-state index contributed by atoms with van der Waals surface area (Å²) in [5.74, 6) is 0.697. The van der Waals surface area contributed by atoms with Crippen LogP contribution in [0.5, 0.6) is 5.75 Å². The van der Waals surface area contributed by atoms with Crippen LogP contribution in [0.2, 0.25) is 0 Å². The number of benzene rings is 2. The fourth-order valence-electron chi connectivity index (χ4n) is 2.39. The smallest absolute Gasteiger partial charge is 0.188 e. The van der Waals surface area contributed by atoms with E-state index in [9.17, 15) is 5.11 Å². The van der Waals surface area contributed by atoms with Crippen molar-refractivity contribution in [1.29, 1.82) is 0 Å². The number of imidazole rings is 1. The Labute approximate surface area is 151 Å². The molecular weight excluding hydrogens is 336 g/mol. The summed E-state index contributed by atoms with van der Waals surface area (Å²) >= 11 is 1.57. The van der Waals surface area contributed by atoms with Gasteiger partial charge in [-0.25, -0.2) is 4.98 Å². The molecule has 1 N–H and O–H groups in total. The van der Waals surface area contributed by atoms with Gasteiger partial charge in [0.1, 0.15) is 11.9 Å². The fraction of sp³-hybridized carbons (Fsp3) is 0.211. The minimum atomic E-state index is -0.751. The van der Waals surface area contributed by atoms with Gasteiger partial charge in [0.05, 0.1) is 11.9 Å². The van der Waals surface area contributed by atoms with Crippen molar-refractivity contribution in [3.63, 3.8) is 0 Å². The Bertz CT molecular complexity index is 803. The molecule has 25 heavy (non-hydrogen) atoms. The molecule has 3 aromatic rings. The second-order valence-corrected chi connectivity index (χ2v) is 6.50. The van der Waals surface area contributed by atoms with Crippen molar-refractivity contribution in [3.05, 3.63) is 72.1 Å². The van der Waals surface area contributed by atoms with Crippen LogP contribution < -0.4 is 4.74 Å². The van der Waals surface area contributed by atoms with Gasteiger partial charge in [0.2, 0.25) is 0 Å². The van der Waals surface area contributed by atoms with Crippen molar-refractivity contribution in [1.82, 2.24) is 9.55 Å². The molecule has 5 nitrogen and oxygen atoms in total. The summed E-state index contributed by atoms with van der Waals surface area (Å²) in [5, 5.41) is 11.5. The number of rotatable bonds is 7. The van der Waals surface area contributed by atoms with Crippen molar-refractivity contribution in [3.8, 4) is 5.75 Å². The summed E-state index contributed by atoms with van der Waals surface area (Å²) in [7, 11) is 3.48. The largest absolute Gasteiger partial charge is 0.468 e. The maximum atomic E-state index is 10.7. The number of hydrogen-bond acceptors (Lipinski definition) is 5. The Morgan fingerprint density at radius 2 is 1.84 bits per heavy atom. The minimum absolute atomic E-state index is 0.198. The third kappa shape index (κ3) is 4.22. The first-order valence-electron chi connectivity index (χ1n) is 7.83. The van der Waals surface area contributed by atoms with Crippen molar-refractivity contribution < 1.29 is 14.6 Å². The van der Waals surface area contributed by atoms with E-state index in [0.717, 1.165) is 21.3 Å². The lowest BCUT2D eigenvalue weighted by molar-refractivity contribution is 0.0511. The zero-order chi connectivity index (χ0) is 17.6.